The third-order valence-corrected chi connectivity index (χ3v) is 2.96. The van der Waals surface area contributed by atoms with Gasteiger partial charge >= 0.3 is 6.01 Å². The Hall–Kier alpha value is -2.02. The maximum atomic E-state index is 13.5. The number of aromatic nitrogens is 2. The summed E-state index contributed by atoms with van der Waals surface area (Å²) in [6, 6.07) is 3.58. The first kappa shape index (κ1) is 15.4. The standard InChI is InChI=1S/C14H18F2N4O/c1-3-6-17-9(2)13-19-20-14(21-13)18-8-10-4-5-11(15)7-12(10)16/h4-5,7,9,17H,3,6,8H2,1-2H3,(H,18,20). The summed E-state index contributed by atoms with van der Waals surface area (Å²) in [7, 11) is 0. The van der Waals surface area contributed by atoms with E-state index in [1.807, 2.05) is 6.92 Å². The molecular formula is C14H18F2N4O. The lowest BCUT2D eigenvalue weighted by Crippen LogP contribution is -2.19. The normalized spacial score (nSPS) is 12.4. The van der Waals surface area contributed by atoms with Crippen LogP contribution < -0.4 is 10.6 Å². The van der Waals surface area contributed by atoms with Gasteiger partial charge in [0, 0.05) is 18.2 Å². The zero-order valence-corrected chi connectivity index (χ0v) is 12.0. The molecule has 0 amide bonds. The van der Waals surface area contributed by atoms with Crippen molar-refractivity contribution in [2.75, 3.05) is 11.9 Å². The topological polar surface area (TPSA) is 63.0 Å². The summed E-state index contributed by atoms with van der Waals surface area (Å²) in [5, 5.41) is 13.8. The molecule has 0 saturated heterocycles. The Morgan fingerprint density at radius 1 is 1.29 bits per heavy atom. The van der Waals surface area contributed by atoms with E-state index in [0.29, 0.717) is 11.5 Å². The molecule has 0 saturated carbocycles. The lowest BCUT2D eigenvalue weighted by atomic mass is 10.2. The smallest absolute Gasteiger partial charge is 0.315 e. The maximum Gasteiger partial charge on any atom is 0.315 e. The van der Waals surface area contributed by atoms with Gasteiger partial charge in [0.05, 0.1) is 6.04 Å². The molecule has 0 aliphatic carbocycles. The van der Waals surface area contributed by atoms with E-state index in [2.05, 4.69) is 27.8 Å². The number of benzene rings is 1. The molecule has 0 spiro atoms. The molecule has 0 aliphatic rings. The monoisotopic (exact) mass is 296 g/mol. The van der Waals surface area contributed by atoms with Gasteiger partial charge in [-0.05, 0) is 26.0 Å². The highest BCUT2D eigenvalue weighted by Crippen LogP contribution is 2.15. The van der Waals surface area contributed by atoms with Crippen molar-refractivity contribution in [1.29, 1.82) is 0 Å². The van der Waals surface area contributed by atoms with Gasteiger partial charge in [-0.1, -0.05) is 18.1 Å². The van der Waals surface area contributed by atoms with Gasteiger partial charge < -0.3 is 15.1 Å². The molecule has 2 aromatic rings. The zero-order chi connectivity index (χ0) is 15.2. The number of hydrogen-bond donors (Lipinski definition) is 2. The van der Waals surface area contributed by atoms with E-state index in [1.54, 1.807) is 0 Å². The second kappa shape index (κ2) is 7.12. The molecule has 21 heavy (non-hydrogen) atoms. The Bertz CT molecular complexity index is 588. The lowest BCUT2D eigenvalue weighted by molar-refractivity contribution is 0.423. The highest BCUT2D eigenvalue weighted by molar-refractivity contribution is 5.25. The minimum atomic E-state index is -0.611. The molecule has 5 nitrogen and oxygen atoms in total. The lowest BCUT2D eigenvalue weighted by Gasteiger charge is -2.07. The quantitative estimate of drug-likeness (QED) is 0.822. The third kappa shape index (κ3) is 4.22. The number of anilines is 1. The molecule has 1 aromatic carbocycles. The Kier molecular flexibility index (Phi) is 5.21. The summed E-state index contributed by atoms with van der Waals surface area (Å²) in [4.78, 5) is 0. The molecule has 0 radical (unpaired) electrons. The van der Waals surface area contributed by atoms with Crippen molar-refractivity contribution >= 4 is 6.01 Å². The van der Waals surface area contributed by atoms with E-state index in [9.17, 15) is 8.78 Å². The van der Waals surface area contributed by atoms with E-state index in [4.69, 9.17) is 4.42 Å². The average Bonchev–Trinajstić information content (AvgIpc) is 2.93. The Morgan fingerprint density at radius 3 is 2.81 bits per heavy atom. The first-order valence-corrected chi connectivity index (χ1v) is 6.84. The summed E-state index contributed by atoms with van der Waals surface area (Å²) < 4.78 is 31.7. The average molecular weight is 296 g/mol. The Balaban J connectivity index is 1.93. The summed E-state index contributed by atoms with van der Waals surface area (Å²) in [6.45, 7) is 4.99. The van der Waals surface area contributed by atoms with Gasteiger partial charge in [-0.3, -0.25) is 0 Å². The predicted molar refractivity (Wildman–Crippen MR) is 74.7 cm³/mol. The van der Waals surface area contributed by atoms with Crippen LogP contribution in [0.2, 0.25) is 0 Å². The van der Waals surface area contributed by atoms with Crippen LogP contribution in [0.15, 0.2) is 22.6 Å². The largest absolute Gasteiger partial charge is 0.406 e. The number of nitrogens with one attached hydrogen (secondary N) is 2. The third-order valence-electron chi connectivity index (χ3n) is 2.96. The number of halogens is 2. The SMILES string of the molecule is CCCNC(C)c1nnc(NCc2ccc(F)cc2F)o1. The minimum absolute atomic E-state index is 0.0458. The second-order valence-electron chi connectivity index (χ2n) is 4.71. The highest BCUT2D eigenvalue weighted by atomic mass is 19.1. The van der Waals surface area contributed by atoms with Crippen molar-refractivity contribution in [3.8, 4) is 0 Å². The molecule has 1 unspecified atom stereocenters. The van der Waals surface area contributed by atoms with E-state index >= 15 is 0 Å². The van der Waals surface area contributed by atoms with Crippen LogP contribution in [-0.4, -0.2) is 16.7 Å². The Morgan fingerprint density at radius 2 is 2.10 bits per heavy atom. The number of rotatable bonds is 7. The minimum Gasteiger partial charge on any atom is -0.406 e. The van der Waals surface area contributed by atoms with Crippen molar-refractivity contribution in [2.45, 2.75) is 32.9 Å². The second-order valence-corrected chi connectivity index (χ2v) is 4.71. The fourth-order valence-electron chi connectivity index (χ4n) is 1.77. The number of nitrogens with zero attached hydrogens (tertiary/aromatic N) is 2. The molecule has 2 N–H and O–H groups in total. The van der Waals surface area contributed by atoms with E-state index in [0.717, 1.165) is 19.0 Å². The molecule has 0 fully saturated rings. The van der Waals surface area contributed by atoms with E-state index in [-0.39, 0.29) is 18.6 Å². The molecular weight excluding hydrogens is 278 g/mol. The molecule has 2 rings (SSSR count). The molecule has 114 valence electrons. The van der Waals surface area contributed by atoms with Gasteiger partial charge in [0.25, 0.3) is 0 Å². The van der Waals surface area contributed by atoms with E-state index in [1.165, 1.54) is 12.1 Å². The van der Waals surface area contributed by atoms with Crippen molar-refractivity contribution in [3.63, 3.8) is 0 Å². The van der Waals surface area contributed by atoms with Gasteiger partial charge in [0.15, 0.2) is 0 Å². The van der Waals surface area contributed by atoms with E-state index < -0.39 is 11.6 Å². The summed E-state index contributed by atoms with van der Waals surface area (Å²) in [6.07, 6.45) is 1.01. The summed E-state index contributed by atoms with van der Waals surface area (Å²) in [5.41, 5.74) is 0.327. The summed E-state index contributed by atoms with van der Waals surface area (Å²) in [5.74, 6) is -0.752. The molecule has 1 heterocycles. The van der Waals surface area contributed by atoms with Gasteiger partial charge in [-0.25, -0.2) is 8.78 Å². The molecule has 7 heteroatoms. The van der Waals surface area contributed by atoms with Gasteiger partial charge in [0.2, 0.25) is 5.89 Å². The number of hydrogen-bond acceptors (Lipinski definition) is 5. The van der Waals surface area contributed by atoms with Crippen LogP contribution in [0.5, 0.6) is 0 Å². The van der Waals surface area contributed by atoms with Gasteiger partial charge in [-0.15, -0.1) is 5.10 Å². The highest BCUT2D eigenvalue weighted by Gasteiger charge is 2.13. The predicted octanol–water partition coefficient (Wildman–Crippen LogP) is 3.02. The van der Waals surface area contributed by atoms with Crippen LogP contribution in [0.4, 0.5) is 14.8 Å². The molecule has 1 aromatic heterocycles. The van der Waals surface area contributed by atoms with Crippen molar-refractivity contribution in [3.05, 3.63) is 41.3 Å². The fraction of sp³-hybridized carbons (Fsp3) is 0.429. The van der Waals surface area contributed by atoms with Crippen LogP contribution in [-0.2, 0) is 6.54 Å². The van der Waals surface area contributed by atoms with Crippen LogP contribution in [0.25, 0.3) is 0 Å². The van der Waals surface area contributed by atoms with Crippen LogP contribution >= 0.6 is 0 Å². The maximum absolute atomic E-state index is 13.5. The summed E-state index contributed by atoms with van der Waals surface area (Å²) >= 11 is 0. The first-order valence-electron chi connectivity index (χ1n) is 6.84. The van der Waals surface area contributed by atoms with Crippen LogP contribution in [0.3, 0.4) is 0 Å². The zero-order valence-electron chi connectivity index (χ0n) is 12.0. The molecule has 0 aliphatic heterocycles. The fourth-order valence-corrected chi connectivity index (χ4v) is 1.77. The Labute approximate surface area is 121 Å². The molecule has 1 atom stereocenters. The van der Waals surface area contributed by atoms with Crippen LogP contribution in [0, 0.1) is 11.6 Å². The first-order chi connectivity index (χ1) is 10.1. The van der Waals surface area contributed by atoms with Crippen molar-refractivity contribution < 1.29 is 13.2 Å². The van der Waals surface area contributed by atoms with Crippen molar-refractivity contribution in [1.82, 2.24) is 15.5 Å². The van der Waals surface area contributed by atoms with Crippen molar-refractivity contribution in [2.24, 2.45) is 0 Å². The van der Waals surface area contributed by atoms with Gasteiger partial charge in [0.1, 0.15) is 11.6 Å². The molecule has 0 bridgehead atoms. The van der Waals surface area contributed by atoms with Crippen LogP contribution in [0.1, 0.15) is 37.8 Å². The van der Waals surface area contributed by atoms with Gasteiger partial charge in [-0.2, -0.15) is 0 Å².